The van der Waals surface area contributed by atoms with Crippen molar-refractivity contribution in [1.82, 2.24) is 0 Å². The van der Waals surface area contributed by atoms with Gasteiger partial charge in [0.05, 0.1) is 5.56 Å². The largest absolute Gasteiger partial charge is 0.416 e. The molecule has 0 aromatic heterocycles. The van der Waals surface area contributed by atoms with Gasteiger partial charge in [-0.2, -0.15) is 26.3 Å². The zero-order valence-corrected chi connectivity index (χ0v) is 15.7. The maximum Gasteiger partial charge on any atom is 0.416 e. The zero-order chi connectivity index (χ0) is 21.4. The number of hydrogen-bond acceptors (Lipinski definition) is 0. The Labute approximate surface area is 164 Å². The first kappa shape index (κ1) is 21.0. The molecule has 0 spiro atoms. The van der Waals surface area contributed by atoms with Crippen LogP contribution in [0.5, 0.6) is 0 Å². The molecule has 6 heteroatoms. The first-order valence-corrected chi connectivity index (χ1v) is 8.85. The SMILES string of the molecule is Cc1ccc(C(c2ccc(C)cc2)(c2cccc(C(F)(F)F)c2)C(F)(F)F)cc1. The highest BCUT2D eigenvalue weighted by Crippen LogP contribution is 2.51. The minimum atomic E-state index is -4.89. The van der Waals surface area contributed by atoms with Crippen LogP contribution in [-0.4, -0.2) is 6.18 Å². The highest BCUT2D eigenvalue weighted by Gasteiger charge is 2.58. The van der Waals surface area contributed by atoms with Gasteiger partial charge < -0.3 is 0 Å². The van der Waals surface area contributed by atoms with Crippen LogP contribution in [0, 0.1) is 13.8 Å². The van der Waals surface area contributed by atoms with Crippen LogP contribution in [0.2, 0.25) is 0 Å². The lowest BCUT2D eigenvalue weighted by Crippen LogP contribution is -2.44. The second kappa shape index (κ2) is 7.25. The van der Waals surface area contributed by atoms with E-state index in [4.69, 9.17) is 0 Å². The lowest BCUT2D eigenvalue weighted by atomic mass is 9.68. The van der Waals surface area contributed by atoms with Crippen LogP contribution in [0.3, 0.4) is 0 Å². The Hall–Kier alpha value is -2.76. The van der Waals surface area contributed by atoms with Gasteiger partial charge in [-0.05, 0) is 36.6 Å². The van der Waals surface area contributed by atoms with Gasteiger partial charge in [0.25, 0.3) is 0 Å². The third-order valence-electron chi connectivity index (χ3n) is 5.02. The van der Waals surface area contributed by atoms with Crippen LogP contribution < -0.4 is 0 Å². The number of benzene rings is 3. The van der Waals surface area contributed by atoms with Crippen molar-refractivity contribution >= 4 is 0 Å². The van der Waals surface area contributed by atoms with E-state index in [9.17, 15) is 26.3 Å². The molecule has 152 valence electrons. The van der Waals surface area contributed by atoms with E-state index < -0.39 is 28.9 Å². The Morgan fingerprint density at radius 1 is 0.517 bits per heavy atom. The molecule has 0 bridgehead atoms. The molecular formula is C23H18F6. The summed E-state index contributed by atoms with van der Waals surface area (Å²) >= 11 is 0. The summed E-state index contributed by atoms with van der Waals surface area (Å²) in [7, 11) is 0. The van der Waals surface area contributed by atoms with E-state index in [-0.39, 0.29) is 11.1 Å². The fraction of sp³-hybridized carbons (Fsp3) is 0.217. The first-order valence-electron chi connectivity index (χ1n) is 8.85. The smallest absolute Gasteiger partial charge is 0.169 e. The Morgan fingerprint density at radius 2 is 0.931 bits per heavy atom. The van der Waals surface area contributed by atoms with E-state index >= 15 is 0 Å². The Morgan fingerprint density at radius 3 is 1.31 bits per heavy atom. The van der Waals surface area contributed by atoms with Crippen molar-refractivity contribution < 1.29 is 26.3 Å². The summed E-state index contributed by atoms with van der Waals surface area (Å²) in [6.45, 7) is 3.46. The molecular weight excluding hydrogens is 390 g/mol. The summed E-state index contributed by atoms with van der Waals surface area (Å²) in [5, 5.41) is 0. The molecule has 0 amide bonds. The molecule has 0 atom stereocenters. The van der Waals surface area contributed by atoms with Gasteiger partial charge >= 0.3 is 12.4 Å². The van der Waals surface area contributed by atoms with E-state index in [0.717, 1.165) is 29.3 Å². The van der Waals surface area contributed by atoms with Gasteiger partial charge in [0, 0.05) is 0 Å². The molecule has 0 heterocycles. The Balaban J connectivity index is 2.43. The van der Waals surface area contributed by atoms with Crippen LogP contribution in [0.15, 0.2) is 72.8 Å². The van der Waals surface area contributed by atoms with Crippen molar-refractivity contribution in [2.75, 3.05) is 0 Å². The molecule has 0 nitrogen and oxygen atoms in total. The molecule has 3 aromatic carbocycles. The summed E-state index contributed by atoms with van der Waals surface area (Å²) in [6, 6.07) is 14.9. The fourth-order valence-corrected chi connectivity index (χ4v) is 3.53. The molecule has 0 radical (unpaired) electrons. The van der Waals surface area contributed by atoms with E-state index in [1.165, 1.54) is 48.5 Å². The van der Waals surface area contributed by atoms with Crippen molar-refractivity contribution in [2.24, 2.45) is 0 Å². The topological polar surface area (TPSA) is 0 Å². The van der Waals surface area contributed by atoms with Crippen LogP contribution >= 0.6 is 0 Å². The fourth-order valence-electron chi connectivity index (χ4n) is 3.53. The van der Waals surface area contributed by atoms with Gasteiger partial charge in [0.1, 0.15) is 5.41 Å². The summed E-state index contributed by atoms with van der Waals surface area (Å²) in [5.41, 5.74) is -3.13. The monoisotopic (exact) mass is 408 g/mol. The predicted octanol–water partition coefficient (Wildman–Crippen LogP) is 7.22. The number of rotatable bonds is 3. The molecule has 0 N–H and O–H groups in total. The van der Waals surface area contributed by atoms with Crippen molar-refractivity contribution in [3.05, 3.63) is 106 Å². The Bertz CT molecular complexity index is 934. The highest BCUT2D eigenvalue weighted by molar-refractivity contribution is 5.54. The van der Waals surface area contributed by atoms with E-state index in [0.29, 0.717) is 6.07 Å². The van der Waals surface area contributed by atoms with Crippen LogP contribution in [0.1, 0.15) is 33.4 Å². The van der Waals surface area contributed by atoms with Crippen LogP contribution in [0.25, 0.3) is 0 Å². The van der Waals surface area contributed by atoms with Crippen molar-refractivity contribution in [3.8, 4) is 0 Å². The number of halogens is 6. The van der Waals surface area contributed by atoms with Crippen molar-refractivity contribution in [2.45, 2.75) is 31.6 Å². The lowest BCUT2D eigenvalue weighted by Gasteiger charge is -2.38. The zero-order valence-electron chi connectivity index (χ0n) is 15.7. The van der Waals surface area contributed by atoms with Gasteiger partial charge in [-0.3, -0.25) is 0 Å². The third-order valence-corrected chi connectivity index (χ3v) is 5.02. The Kier molecular flexibility index (Phi) is 5.24. The van der Waals surface area contributed by atoms with Crippen molar-refractivity contribution in [1.29, 1.82) is 0 Å². The molecule has 0 aliphatic rings. The molecule has 0 saturated carbocycles. The highest BCUT2D eigenvalue weighted by atomic mass is 19.4. The average molecular weight is 408 g/mol. The molecule has 3 aromatic rings. The van der Waals surface area contributed by atoms with Crippen LogP contribution in [0.4, 0.5) is 26.3 Å². The number of aryl methyl sites for hydroxylation is 2. The van der Waals surface area contributed by atoms with E-state index in [1.54, 1.807) is 13.8 Å². The maximum absolute atomic E-state index is 14.8. The lowest BCUT2D eigenvalue weighted by molar-refractivity contribution is -0.167. The van der Waals surface area contributed by atoms with Gasteiger partial charge in [-0.1, -0.05) is 77.9 Å². The van der Waals surface area contributed by atoms with Gasteiger partial charge in [-0.25, -0.2) is 0 Å². The predicted molar refractivity (Wildman–Crippen MR) is 99.7 cm³/mol. The van der Waals surface area contributed by atoms with Crippen LogP contribution in [-0.2, 0) is 11.6 Å². The molecule has 3 rings (SSSR count). The maximum atomic E-state index is 14.8. The average Bonchev–Trinajstić information content (AvgIpc) is 2.64. The number of alkyl halides is 6. The first-order chi connectivity index (χ1) is 13.5. The van der Waals surface area contributed by atoms with Gasteiger partial charge in [0.2, 0.25) is 0 Å². The van der Waals surface area contributed by atoms with Gasteiger partial charge in [-0.15, -0.1) is 0 Å². The summed E-state index contributed by atoms with van der Waals surface area (Å²) in [5.74, 6) is 0. The minimum absolute atomic E-state index is 0.140. The molecule has 0 aliphatic carbocycles. The summed E-state index contributed by atoms with van der Waals surface area (Å²) < 4.78 is 84.2. The standard InChI is InChI=1S/C23H18F6/c1-15-6-10-17(11-7-15)21(23(27,28)29,18-12-8-16(2)9-13-18)19-4-3-5-20(14-19)22(24,25)26/h3-14H,1-2H3. The summed E-state index contributed by atoms with van der Waals surface area (Å²) in [4.78, 5) is 0. The summed E-state index contributed by atoms with van der Waals surface area (Å²) in [6.07, 6.45) is -9.64. The quantitative estimate of drug-likeness (QED) is 0.317. The van der Waals surface area contributed by atoms with E-state index in [1.807, 2.05) is 0 Å². The van der Waals surface area contributed by atoms with Gasteiger partial charge in [0.15, 0.2) is 0 Å². The molecule has 0 aliphatic heterocycles. The molecule has 0 fully saturated rings. The minimum Gasteiger partial charge on any atom is -0.169 e. The van der Waals surface area contributed by atoms with Crippen molar-refractivity contribution in [3.63, 3.8) is 0 Å². The molecule has 0 unspecified atom stereocenters. The molecule has 0 saturated heterocycles. The third kappa shape index (κ3) is 3.76. The number of hydrogen-bond donors (Lipinski definition) is 0. The molecule has 29 heavy (non-hydrogen) atoms. The normalized spacial score (nSPS) is 12.8. The second-order valence-electron chi connectivity index (χ2n) is 7.06. The van der Waals surface area contributed by atoms with E-state index in [2.05, 4.69) is 0 Å². The second-order valence-corrected chi connectivity index (χ2v) is 7.06.